The van der Waals surface area contributed by atoms with Crippen LogP contribution < -0.4 is 32.6 Å². The van der Waals surface area contributed by atoms with Crippen molar-refractivity contribution >= 4 is 46.5 Å². The number of nitrogens with zero attached hydrogens (tertiary/aromatic N) is 3. The minimum Gasteiger partial charge on any atom is -0.480 e. The molecular formula is C22H25N9O6. The normalized spacial score (nSPS) is 11.4. The molecule has 3 rings (SSSR count). The van der Waals surface area contributed by atoms with Crippen molar-refractivity contribution in [3.63, 3.8) is 0 Å². The number of carbonyl (C=O) groups is 4. The average Bonchev–Trinajstić information content (AvgIpc) is 2.88. The van der Waals surface area contributed by atoms with E-state index in [0.717, 1.165) is 0 Å². The van der Waals surface area contributed by atoms with Crippen LogP contribution in [0.3, 0.4) is 0 Å². The third-order valence-electron chi connectivity index (χ3n) is 5.10. The van der Waals surface area contributed by atoms with Crippen LogP contribution in [0.1, 0.15) is 28.9 Å². The van der Waals surface area contributed by atoms with E-state index in [9.17, 15) is 29.1 Å². The molecule has 15 nitrogen and oxygen atoms in total. The van der Waals surface area contributed by atoms with E-state index in [1.54, 1.807) is 12.1 Å². The number of nitrogens with two attached hydrogens (primary N) is 1. The van der Waals surface area contributed by atoms with Gasteiger partial charge in [0.25, 0.3) is 11.5 Å². The van der Waals surface area contributed by atoms with E-state index < -0.39 is 35.3 Å². The number of hydrogen-bond acceptors (Lipinski definition) is 10. The van der Waals surface area contributed by atoms with Crippen LogP contribution in [0.25, 0.3) is 11.2 Å². The van der Waals surface area contributed by atoms with Crippen LogP contribution in [-0.4, -0.2) is 68.4 Å². The fourth-order valence-corrected chi connectivity index (χ4v) is 3.12. The molecule has 37 heavy (non-hydrogen) atoms. The second-order valence-corrected chi connectivity index (χ2v) is 7.77. The van der Waals surface area contributed by atoms with Gasteiger partial charge in [0.05, 0.1) is 25.0 Å². The van der Waals surface area contributed by atoms with Gasteiger partial charge in [0.15, 0.2) is 11.2 Å². The predicted molar refractivity (Wildman–Crippen MR) is 131 cm³/mol. The Kier molecular flexibility index (Phi) is 8.64. The van der Waals surface area contributed by atoms with Crippen LogP contribution >= 0.6 is 0 Å². The summed E-state index contributed by atoms with van der Waals surface area (Å²) in [5.41, 5.74) is 6.48. The van der Waals surface area contributed by atoms with E-state index in [0.29, 0.717) is 11.4 Å². The fraction of sp³-hybridized carbons (Fsp3) is 0.273. The number of anilines is 2. The molecule has 0 bridgehead atoms. The van der Waals surface area contributed by atoms with E-state index in [1.165, 1.54) is 25.4 Å². The monoisotopic (exact) mass is 511 g/mol. The molecule has 0 saturated carbocycles. The highest BCUT2D eigenvalue weighted by molar-refractivity contribution is 5.97. The van der Waals surface area contributed by atoms with Gasteiger partial charge in [-0.25, -0.2) is 14.8 Å². The van der Waals surface area contributed by atoms with Gasteiger partial charge in [-0.05, 0) is 30.7 Å². The molecule has 0 aliphatic carbocycles. The van der Waals surface area contributed by atoms with E-state index in [-0.39, 0.29) is 48.6 Å². The van der Waals surface area contributed by atoms with Gasteiger partial charge < -0.3 is 32.1 Å². The van der Waals surface area contributed by atoms with Gasteiger partial charge in [0, 0.05) is 24.7 Å². The molecule has 194 valence electrons. The Balaban J connectivity index is 1.54. The van der Waals surface area contributed by atoms with E-state index in [1.807, 2.05) is 0 Å². The third kappa shape index (κ3) is 7.45. The number of carbonyl (C=O) groups excluding carboxylic acids is 3. The second-order valence-electron chi connectivity index (χ2n) is 7.77. The van der Waals surface area contributed by atoms with Crippen molar-refractivity contribution in [2.45, 2.75) is 25.4 Å². The number of aliphatic carboxylic acids is 1. The number of benzene rings is 1. The summed E-state index contributed by atoms with van der Waals surface area (Å²) in [5, 5.41) is 19.6. The quantitative estimate of drug-likeness (QED) is 0.160. The molecular weight excluding hydrogens is 486 g/mol. The summed E-state index contributed by atoms with van der Waals surface area (Å²) < 4.78 is 0. The van der Waals surface area contributed by atoms with Crippen LogP contribution in [0.5, 0.6) is 0 Å². The number of rotatable bonds is 11. The smallest absolute Gasteiger partial charge is 0.326 e. The number of carboxylic acids is 1. The largest absolute Gasteiger partial charge is 0.480 e. The number of aromatic amines is 1. The van der Waals surface area contributed by atoms with Crippen molar-refractivity contribution in [3.05, 3.63) is 52.1 Å². The van der Waals surface area contributed by atoms with E-state index >= 15 is 0 Å². The highest BCUT2D eigenvalue weighted by Gasteiger charge is 2.22. The fourth-order valence-electron chi connectivity index (χ4n) is 3.12. The van der Waals surface area contributed by atoms with E-state index in [2.05, 4.69) is 41.2 Å². The number of fused-ring (bicyclic) bond motifs is 1. The number of H-pyrrole nitrogens is 1. The van der Waals surface area contributed by atoms with Crippen molar-refractivity contribution < 1.29 is 24.3 Å². The van der Waals surface area contributed by atoms with Gasteiger partial charge in [-0.3, -0.25) is 24.2 Å². The maximum Gasteiger partial charge on any atom is 0.326 e. The van der Waals surface area contributed by atoms with Crippen LogP contribution in [0.4, 0.5) is 11.6 Å². The maximum atomic E-state index is 12.5. The van der Waals surface area contributed by atoms with E-state index in [4.69, 9.17) is 5.73 Å². The first kappa shape index (κ1) is 26.5. The summed E-state index contributed by atoms with van der Waals surface area (Å²) >= 11 is 0. The summed E-state index contributed by atoms with van der Waals surface area (Å²) in [7, 11) is 1.42. The molecule has 0 aliphatic rings. The number of likely N-dealkylation sites (N-methyl/N-ethyl adjacent to an activating group) is 1. The summed E-state index contributed by atoms with van der Waals surface area (Å²) in [6.07, 6.45) is 1.11. The Morgan fingerprint density at radius 1 is 1.11 bits per heavy atom. The minimum atomic E-state index is -1.30. The molecule has 0 spiro atoms. The second kappa shape index (κ2) is 12.1. The third-order valence-corrected chi connectivity index (χ3v) is 5.10. The molecule has 0 unspecified atom stereocenters. The molecule has 3 aromatic rings. The Bertz CT molecular complexity index is 1370. The minimum absolute atomic E-state index is 0.0532. The molecule has 0 radical (unpaired) electrons. The highest BCUT2D eigenvalue weighted by atomic mass is 16.4. The lowest BCUT2D eigenvalue weighted by Crippen LogP contribution is -2.42. The van der Waals surface area contributed by atoms with Crippen molar-refractivity contribution in [1.29, 1.82) is 0 Å². The lowest BCUT2D eigenvalue weighted by Gasteiger charge is -2.15. The van der Waals surface area contributed by atoms with Crippen LogP contribution in [0, 0.1) is 0 Å². The lowest BCUT2D eigenvalue weighted by atomic mass is 10.1. The number of amides is 3. The zero-order valence-electron chi connectivity index (χ0n) is 19.7. The number of nitrogen functional groups attached to an aromatic ring is 1. The molecule has 15 heteroatoms. The molecule has 0 saturated heterocycles. The number of aromatic nitrogens is 4. The SMILES string of the molecule is CNC(=O)CNC(=O)CC[C@H](NC(=O)c1ccc(NCc2cnc3nc(N)[nH]c(=O)c3n2)cc1)C(=O)O. The number of nitrogens with one attached hydrogen (secondary N) is 5. The first-order chi connectivity index (χ1) is 17.7. The number of hydrogen-bond donors (Lipinski definition) is 7. The Labute approximate surface area is 209 Å². The molecule has 3 amide bonds. The Morgan fingerprint density at radius 2 is 1.84 bits per heavy atom. The molecule has 1 atom stereocenters. The van der Waals surface area contributed by atoms with Gasteiger partial charge >= 0.3 is 5.97 Å². The summed E-state index contributed by atoms with van der Waals surface area (Å²) in [6.45, 7) is -0.000756. The van der Waals surface area contributed by atoms with Crippen molar-refractivity contribution in [2.24, 2.45) is 0 Å². The molecule has 2 heterocycles. The highest BCUT2D eigenvalue weighted by Crippen LogP contribution is 2.12. The Hall–Kier alpha value is -5.08. The average molecular weight is 511 g/mol. The zero-order chi connectivity index (χ0) is 26.9. The first-order valence-electron chi connectivity index (χ1n) is 11.0. The van der Waals surface area contributed by atoms with Gasteiger partial charge in [0.1, 0.15) is 6.04 Å². The van der Waals surface area contributed by atoms with Crippen LogP contribution in [0.15, 0.2) is 35.3 Å². The topological polar surface area (TPSA) is 234 Å². The van der Waals surface area contributed by atoms with Gasteiger partial charge in [-0.2, -0.15) is 4.98 Å². The molecule has 0 fully saturated rings. The van der Waals surface area contributed by atoms with Gasteiger partial charge in [-0.1, -0.05) is 0 Å². The standard InChI is InChI=1S/C22H25N9O6/c1-24-16(33)10-26-15(32)7-6-14(21(36)37)29-19(34)11-2-4-12(5-3-11)25-8-13-9-27-18-17(28-13)20(35)31-22(23)30-18/h2-5,9,14,25H,6-8,10H2,1H3,(H,24,33)(H,26,32)(H,29,34)(H,36,37)(H3,23,27,30,31,35)/t14-/m0/s1. The summed E-state index contributed by atoms with van der Waals surface area (Å²) in [4.78, 5) is 73.6. The van der Waals surface area contributed by atoms with Crippen LogP contribution in [-0.2, 0) is 20.9 Å². The van der Waals surface area contributed by atoms with Gasteiger partial charge in [0.2, 0.25) is 17.8 Å². The van der Waals surface area contributed by atoms with Gasteiger partial charge in [-0.15, -0.1) is 0 Å². The predicted octanol–water partition coefficient (Wildman–Crippen LogP) is -1.27. The number of carboxylic acid groups (broad SMARTS) is 1. The molecule has 2 aromatic heterocycles. The van der Waals surface area contributed by atoms with Crippen molar-refractivity contribution in [3.8, 4) is 0 Å². The summed E-state index contributed by atoms with van der Waals surface area (Å²) in [5.74, 6) is -2.88. The van der Waals surface area contributed by atoms with Crippen LogP contribution in [0.2, 0.25) is 0 Å². The molecule has 1 aromatic carbocycles. The lowest BCUT2D eigenvalue weighted by molar-refractivity contribution is -0.139. The molecule has 8 N–H and O–H groups in total. The maximum absolute atomic E-state index is 12.5. The molecule has 0 aliphatic heterocycles. The Morgan fingerprint density at radius 3 is 2.51 bits per heavy atom. The zero-order valence-corrected chi connectivity index (χ0v) is 19.7. The van der Waals surface area contributed by atoms with Crippen molar-refractivity contribution in [2.75, 3.05) is 24.6 Å². The van der Waals surface area contributed by atoms with Crippen molar-refractivity contribution in [1.82, 2.24) is 35.9 Å². The summed E-state index contributed by atoms with van der Waals surface area (Å²) in [6, 6.07) is 4.92. The first-order valence-corrected chi connectivity index (χ1v) is 11.0.